The second-order valence-corrected chi connectivity index (χ2v) is 22.8. The maximum Gasteiger partial charge on any atom is 0.472 e. The van der Waals surface area contributed by atoms with E-state index in [1.165, 1.54) is 238 Å². The fourth-order valence-corrected chi connectivity index (χ4v) is 9.79. The summed E-state index contributed by atoms with van der Waals surface area (Å²) in [6.07, 6.45) is 57.4. The third-order valence-corrected chi connectivity index (χ3v) is 14.6. The number of quaternary nitrogens is 1. The summed E-state index contributed by atoms with van der Waals surface area (Å²) in [6, 6.07) is -0.754. The number of rotatable bonds is 54. The van der Waals surface area contributed by atoms with Gasteiger partial charge in [0.2, 0.25) is 5.91 Å². The lowest BCUT2D eigenvalue weighted by molar-refractivity contribution is -0.870. The van der Waals surface area contributed by atoms with Crippen molar-refractivity contribution in [1.29, 1.82) is 0 Å². The van der Waals surface area contributed by atoms with Crippen molar-refractivity contribution in [1.82, 2.24) is 5.32 Å². The molecule has 0 heterocycles. The fraction of sp³-hybridized carbons (Fsp3) is 0.982. The molecule has 1 unspecified atom stereocenters. The number of aliphatic hydroxyl groups is 1. The lowest BCUT2D eigenvalue weighted by Crippen LogP contribution is -2.46. The number of nitrogens with zero attached hydrogens (tertiary/aromatic N) is 1. The lowest BCUT2D eigenvalue weighted by atomic mass is 10.0. The Kier molecular flexibility index (Phi) is 48.1. The number of hydrogen-bond acceptors (Lipinski definition) is 5. The molecule has 0 saturated carbocycles. The van der Waals surface area contributed by atoms with Crippen LogP contribution in [0.3, 0.4) is 0 Å². The van der Waals surface area contributed by atoms with Crippen molar-refractivity contribution >= 4 is 13.7 Å². The standard InChI is InChI=1S/C56H115N2O6P/c1-6-8-10-12-14-16-18-20-21-22-23-24-25-26-27-28-29-30-31-32-33-34-35-36-38-40-42-44-46-48-50-56(60)57-54(53-64-65(61,62)63-52-51-58(3,4)5)55(59)49-47-45-43-41-39-37-19-17-15-13-11-9-7-2/h54-55,59H,6-53H2,1-5H3,(H-,57,60,61,62)/p+1/t54-,55+/m0/s1. The molecular formula is C56H116N2O6P+. The number of hydrogen-bond donors (Lipinski definition) is 3. The van der Waals surface area contributed by atoms with Crippen molar-refractivity contribution in [3.05, 3.63) is 0 Å². The summed E-state index contributed by atoms with van der Waals surface area (Å²) < 4.78 is 23.7. The van der Waals surface area contributed by atoms with Gasteiger partial charge in [-0.3, -0.25) is 13.8 Å². The van der Waals surface area contributed by atoms with Crippen LogP contribution in [0.5, 0.6) is 0 Å². The van der Waals surface area contributed by atoms with Gasteiger partial charge in [0.15, 0.2) is 0 Å². The first kappa shape index (κ1) is 64.5. The Bertz CT molecular complexity index is 1030. The van der Waals surface area contributed by atoms with Crippen LogP contribution in [0.15, 0.2) is 0 Å². The molecule has 0 saturated heterocycles. The van der Waals surface area contributed by atoms with Crippen LogP contribution in [-0.2, 0) is 18.4 Å². The van der Waals surface area contributed by atoms with Gasteiger partial charge in [-0.15, -0.1) is 0 Å². The van der Waals surface area contributed by atoms with Crippen molar-refractivity contribution in [3.63, 3.8) is 0 Å². The van der Waals surface area contributed by atoms with Crippen LogP contribution in [0.25, 0.3) is 0 Å². The van der Waals surface area contributed by atoms with Crippen molar-refractivity contribution in [3.8, 4) is 0 Å². The number of carbonyl (C=O) groups excluding carboxylic acids is 1. The van der Waals surface area contributed by atoms with Crippen LogP contribution in [0, 0.1) is 0 Å². The minimum absolute atomic E-state index is 0.0789. The zero-order valence-electron chi connectivity index (χ0n) is 44.5. The van der Waals surface area contributed by atoms with Gasteiger partial charge in [-0.2, -0.15) is 0 Å². The van der Waals surface area contributed by atoms with Gasteiger partial charge in [0.1, 0.15) is 13.2 Å². The Morgan fingerprint density at radius 2 is 0.738 bits per heavy atom. The van der Waals surface area contributed by atoms with Gasteiger partial charge in [-0.25, -0.2) is 4.57 Å². The molecule has 0 aliphatic heterocycles. The highest BCUT2D eigenvalue weighted by Gasteiger charge is 2.28. The molecule has 8 nitrogen and oxygen atoms in total. The molecule has 390 valence electrons. The molecule has 0 aliphatic rings. The Morgan fingerprint density at radius 1 is 0.462 bits per heavy atom. The third kappa shape index (κ3) is 51.2. The maximum atomic E-state index is 13.0. The van der Waals surface area contributed by atoms with Gasteiger partial charge in [0, 0.05) is 6.42 Å². The van der Waals surface area contributed by atoms with E-state index >= 15 is 0 Å². The molecule has 9 heteroatoms. The average molecular weight is 945 g/mol. The molecule has 3 atom stereocenters. The summed E-state index contributed by atoms with van der Waals surface area (Å²) in [5, 5.41) is 14.0. The Hall–Kier alpha value is -0.500. The Labute approximate surface area is 406 Å². The first-order valence-corrected chi connectivity index (χ1v) is 30.4. The number of carbonyl (C=O) groups is 1. The second-order valence-electron chi connectivity index (χ2n) is 21.4. The van der Waals surface area contributed by atoms with Gasteiger partial charge < -0.3 is 19.8 Å². The Morgan fingerprint density at radius 3 is 1.03 bits per heavy atom. The molecule has 0 spiro atoms. The van der Waals surface area contributed by atoms with E-state index in [1.807, 2.05) is 21.1 Å². The summed E-state index contributed by atoms with van der Waals surface area (Å²) in [7, 11) is 1.63. The van der Waals surface area contributed by atoms with Gasteiger partial charge in [0.05, 0.1) is 39.9 Å². The molecule has 65 heavy (non-hydrogen) atoms. The zero-order chi connectivity index (χ0) is 47.8. The first-order chi connectivity index (χ1) is 31.5. The SMILES string of the molecule is CCCCCCCCCCCCCCCCCCCCCCCCCCCCCCCCC(=O)N[C@@H](COP(=O)(O)OCC[N+](C)(C)C)[C@H](O)CCCCCCCCCCCCCCC. The van der Waals surface area contributed by atoms with Crippen LogP contribution >= 0.6 is 7.82 Å². The summed E-state index contributed by atoms with van der Waals surface area (Å²) in [6.45, 7) is 4.93. The van der Waals surface area contributed by atoms with Crippen LogP contribution in [0.1, 0.15) is 303 Å². The Balaban J connectivity index is 3.97. The van der Waals surface area contributed by atoms with Crippen LogP contribution < -0.4 is 5.32 Å². The first-order valence-electron chi connectivity index (χ1n) is 28.9. The quantitative estimate of drug-likeness (QED) is 0.0319. The number of phosphoric acid groups is 1. The van der Waals surface area contributed by atoms with E-state index in [0.29, 0.717) is 23.9 Å². The van der Waals surface area contributed by atoms with Gasteiger partial charge >= 0.3 is 7.82 Å². The molecule has 0 bridgehead atoms. The number of unbranched alkanes of at least 4 members (excludes halogenated alkanes) is 41. The smallest absolute Gasteiger partial charge is 0.391 e. The fourth-order valence-electron chi connectivity index (χ4n) is 9.05. The van der Waals surface area contributed by atoms with E-state index in [9.17, 15) is 19.4 Å². The molecule has 0 radical (unpaired) electrons. The van der Waals surface area contributed by atoms with Crippen molar-refractivity contribution in [2.24, 2.45) is 0 Å². The number of nitrogens with one attached hydrogen (secondary N) is 1. The maximum absolute atomic E-state index is 13.0. The summed E-state index contributed by atoms with van der Waals surface area (Å²) in [4.78, 5) is 23.3. The monoisotopic (exact) mass is 944 g/mol. The highest BCUT2D eigenvalue weighted by molar-refractivity contribution is 7.47. The molecular weight excluding hydrogens is 828 g/mol. The van der Waals surface area contributed by atoms with Crippen LogP contribution in [-0.4, -0.2) is 73.4 Å². The number of phosphoric ester groups is 1. The van der Waals surface area contributed by atoms with Crippen molar-refractivity contribution in [2.45, 2.75) is 315 Å². The molecule has 0 aromatic rings. The minimum Gasteiger partial charge on any atom is -0.391 e. The summed E-state index contributed by atoms with van der Waals surface area (Å²) >= 11 is 0. The predicted molar refractivity (Wildman–Crippen MR) is 282 cm³/mol. The molecule has 1 amide bonds. The largest absolute Gasteiger partial charge is 0.472 e. The van der Waals surface area contributed by atoms with E-state index in [0.717, 1.165) is 38.5 Å². The topological polar surface area (TPSA) is 105 Å². The molecule has 0 aromatic carbocycles. The van der Waals surface area contributed by atoms with Gasteiger partial charge in [-0.05, 0) is 12.8 Å². The van der Waals surface area contributed by atoms with E-state index < -0.39 is 20.0 Å². The minimum atomic E-state index is -4.31. The van der Waals surface area contributed by atoms with E-state index in [4.69, 9.17) is 9.05 Å². The van der Waals surface area contributed by atoms with E-state index in [-0.39, 0.29) is 19.1 Å². The average Bonchev–Trinajstić information content (AvgIpc) is 3.26. The molecule has 0 aliphatic carbocycles. The van der Waals surface area contributed by atoms with Gasteiger partial charge in [-0.1, -0.05) is 284 Å². The number of amides is 1. The second kappa shape index (κ2) is 48.5. The van der Waals surface area contributed by atoms with Crippen LogP contribution in [0.2, 0.25) is 0 Å². The van der Waals surface area contributed by atoms with Crippen molar-refractivity contribution in [2.75, 3.05) is 40.9 Å². The van der Waals surface area contributed by atoms with E-state index in [2.05, 4.69) is 19.2 Å². The molecule has 3 N–H and O–H groups in total. The highest BCUT2D eigenvalue weighted by atomic mass is 31.2. The molecule has 0 rings (SSSR count). The van der Waals surface area contributed by atoms with E-state index in [1.54, 1.807) is 0 Å². The normalized spacial score (nSPS) is 13.9. The molecule has 0 aromatic heterocycles. The third-order valence-electron chi connectivity index (χ3n) is 13.6. The molecule has 0 fully saturated rings. The zero-order valence-corrected chi connectivity index (χ0v) is 45.4. The van der Waals surface area contributed by atoms with Gasteiger partial charge in [0.25, 0.3) is 0 Å². The van der Waals surface area contributed by atoms with Crippen molar-refractivity contribution < 1.29 is 32.9 Å². The predicted octanol–water partition coefficient (Wildman–Crippen LogP) is 17.3. The number of aliphatic hydroxyl groups excluding tert-OH is 1. The lowest BCUT2D eigenvalue weighted by Gasteiger charge is -2.26. The summed E-state index contributed by atoms with van der Waals surface area (Å²) in [5.74, 6) is -0.137. The summed E-state index contributed by atoms with van der Waals surface area (Å²) in [5.41, 5.74) is 0. The highest BCUT2D eigenvalue weighted by Crippen LogP contribution is 2.43. The number of likely N-dealkylation sites (N-methyl/N-ethyl adjacent to an activating group) is 1. The van der Waals surface area contributed by atoms with Crippen LogP contribution in [0.4, 0.5) is 0 Å².